The summed E-state index contributed by atoms with van der Waals surface area (Å²) in [5, 5.41) is 8.58. The molecule has 0 unspecified atom stereocenters. The van der Waals surface area contributed by atoms with Gasteiger partial charge < -0.3 is 15.6 Å². The third-order valence-electron chi connectivity index (χ3n) is 3.69. The molecule has 0 amide bonds. The predicted molar refractivity (Wildman–Crippen MR) is 102 cm³/mol. The zero-order valence-electron chi connectivity index (χ0n) is 14.2. The molecule has 0 saturated carbocycles. The fourth-order valence-corrected chi connectivity index (χ4v) is 2.21. The van der Waals surface area contributed by atoms with E-state index >= 15 is 0 Å². The average molecular weight is 377 g/mol. The van der Waals surface area contributed by atoms with E-state index in [9.17, 15) is 14.4 Å². The molecule has 0 aromatic heterocycles. The fraction of sp³-hybridized carbons (Fsp3) is 0.824. The topological polar surface area (TPSA) is 107 Å². The Bertz CT molecular complexity index is 367. The van der Waals surface area contributed by atoms with Gasteiger partial charge in [-0.1, -0.05) is 58.3 Å². The first-order valence-corrected chi connectivity index (χ1v) is 8.69. The van der Waals surface area contributed by atoms with Gasteiger partial charge in [0, 0.05) is 12.8 Å². The molecule has 0 aliphatic heterocycles. The van der Waals surface area contributed by atoms with Gasteiger partial charge in [0.25, 0.3) is 0 Å². The Morgan fingerprint density at radius 3 is 1.76 bits per heavy atom. The molecule has 3 N–H and O–H groups in total. The van der Waals surface area contributed by atoms with Crippen molar-refractivity contribution in [2.75, 3.05) is 0 Å². The van der Waals surface area contributed by atoms with Crippen molar-refractivity contribution in [3.8, 4) is 0 Å². The van der Waals surface area contributed by atoms with Crippen LogP contribution >= 0.6 is 0 Å². The summed E-state index contributed by atoms with van der Waals surface area (Å²) in [6.07, 6.45) is 10.4. The molecule has 8 heteroatoms. The Morgan fingerprint density at radius 2 is 1.28 bits per heavy atom. The molecule has 0 fully saturated rings. The van der Waals surface area contributed by atoms with Gasteiger partial charge in [-0.05, 0) is 12.8 Å². The summed E-state index contributed by atoms with van der Waals surface area (Å²) in [6.45, 7) is 2.20. The van der Waals surface area contributed by atoms with Gasteiger partial charge in [-0.15, -0.1) is 0 Å². The Labute approximate surface area is 195 Å². The molecular weight excluding hydrogens is 344 g/mol. The minimum absolute atomic E-state index is 0. The van der Waals surface area contributed by atoms with E-state index in [4.69, 9.17) is 10.8 Å². The molecule has 6 nitrogen and oxygen atoms in total. The Kier molecular flexibility index (Phi) is 25.3. The third kappa shape index (κ3) is 20.7. The van der Waals surface area contributed by atoms with E-state index in [-0.39, 0.29) is 78.4 Å². The van der Waals surface area contributed by atoms with Crippen LogP contribution in [0.5, 0.6) is 0 Å². The zero-order valence-corrected chi connectivity index (χ0v) is 14.2. The number of carbonyl (C=O) groups excluding carboxylic acids is 2. The van der Waals surface area contributed by atoms with Crippen molar-refractivity contribution in [3.05, 3.63) is 0 Å². The quantitative estimate of drug-likeness (QED) is 0.207. The molecule has 0 spiro atoms. The van der Waals surface area contributed by atoms with Crippen LogP contribution in [-0.2, 0) is 19.1 Å². The number of carbonyl (C=O) groups is 3. The van der Waals surface area contributed by atoms with Crippen molar-refractivity contribution >= 4 is 77.0 Å². The normalized spacial score (nSPS) is 11.0. The zero-order chi connectivity index (χ0) is 17.5. The number of nitrogens with two attached hydrogens (primary N) is 1. The van der Waals surface area contributed by atoms with Gasteiger partial charge in [0.2, 0.25) is 0 Å². The second-order valence-electron chi connectivity index (χ2n) is 5.91. The van der Waals surface area contributed by atoms with Gasteiger partial charge in [0.15, 0.2) is 0 Å². The second-order valence-corrected chi connectivity index (χ2v) is 5.91. The number of ether oxygens (including phenoxy) is 1. The third-order valence-corrected chi connectivity index (χ3v) is 3.69. The summed E-state index contributed by atoms with van der Waals surface area (Å²) in [5.41, 5.74) is 5.27. The molecule has 0 aliphatic rings. The van der Waals surface area contributed by atoms with Gasteiger partial charge in [-0.3, -0.25) is 14.4 Å². The fourth-order valence-electron chi connectivity index (χ4n) is 2.21. The maximum atomic E-state index is 11.4. The van der Waals surface area contributed by atoms with Crippen molar-refractivity contribution < 1.29 is 24.2 Å². The summed E-state index contributed by atoms with van der Waals surface area (Å²) in [5.74, 6) is -2.41. The molecule has 0 aromatic carbocycles. The molecule has 1 atom stereocenters. The second kappa shape index (κ2) is 20.9. The van der Waals surface area contributed by atoms with Gasteiger partial charge in [-0.2, -0.15) is 0 Å². The van der Waals surface area contributed by atoms with Crippen LogP contribution in [0, 0.1) is 0 Å². The first kappa shape index (κ1) is 30.3. The maximum absolute atomic E-state index is 11.4. The first-order valence-electron chi connectivity index (χ1n) is 8.69. The molecule has 0 aromatic rings. The molecule has 0 saturated heterocycles. The molecule has 0 aliphatic carbocycles. The Hall–Kier alpha value is 0.570. The van der Waals surface area contributed by atoms with Crippen LogP contribution in [0.4, 0.5) is 0 Å². The Balaban J connectivity index is -0.00000242. The molecule has 0 rings (SSSR count). The van der Waals surface area contributed by atoms with Crippen molar-refractivity contribution in [1.82, 2.24) is 0 Å². The average Bonchev–Trinajstić information content (AvgIpc) is 2.50. The van der Waals surface area contributed by atoms with E-state index in [1.54, 1.807) is 0 Å². The summed E-state index contributed by atoms with van der Waals surface area (Å²) in [6, 6.07) is -1.10. The molecule has 0 radical (unpaired) electrons. The standard InChI is InChI=1S/C17H31NO5.2Na.2H/c1-2-3-4-5-6-7-8-9-10-11-15(19)23-16(20)13-12-14(18)17(21)22;;;;/h14H,2-13,18H2,1H3,(H,21,22);;;;/t14-;;;;/m0..../s1. The number of esters is 2. The predicted octanol–water partition coefficient (Wildman–Crippen LogP) is 1.87. The number of hydrogen-bond donors (Lipinski definition) is 2. The molecular formula is C17H33NNa2O5. The van der Waals surface area contributed by atoms with E-state index in [1.165, 1.54) is 38.5 Å². The van der Waals surface area contributed by atoms with Crippen LogP contribution in [0.2, 0.25) is 0 Å². The van der Waals surface area contributed by atoms with E-state index in [2.05, 4.69) is 11.7 Å². The van der Waals surface area contributed by atoms with Crippen molar-refractivity contribution in [2.45, 2.75) is 90.0 Å². The van der Waals surface area contributed by atoms with Crippen LogP contribution in [0.25, 0.3) is 0 Å². The van der Waals surface area contributed by atoms with Gasteiger partial charge in [0.1, 0.15) is 6.04 Å². The van der Waals surface area contributed by atoms with Crippen LogP contribution in [0.1, 0.15) is 84.0 Å². The number of aliphatic carboxylic acids is 1. The van der Waals surface area contributed by atoms with Crippen molar-refractivity contribution in [2.24, 2.45) is 5.73 Å². The van der Waals surface area contributed by atoms with Gasteiger partial charge in [0.05, 0.1) is 0 Å². The van der Waals surface area contributed by atoms with Gasteiger partial charge >= 0.3 is 77.0 Å². The van der Waals surface area contributed by atoms with E-state index in [1.807, 2.05) is 0 Å². The number of rotatable bonds is 14. The molecule has 138 valence electrons. The minimum atomic E-state index is -1.17. The van der Waals surface area contributed by atoms with E-state index in [0.717, 1.165) is 19.3 Å². The SMILES string of the molecule is CCCCCCCCCCCC(=O)OC(=O)CC[C@H](N)C(=O)O.[NaH].[NaH]. The van der Waals surface area contributed by atoms with Crippen LogP contribution in [0.3, 0.4) is 0 Å². The van der Waals surface area contributed by atoms with E-state index < -0.39 is 23.9 Å². The first-order chi connectivity index (χ1) is 11.0. The van der Waals surface area contributed by atoms with Crippen LogP contribution in [-0.4, -0.2) is 88.2 Å². The summed E-state index contributed by atoms with van der Waals surface area (Å²) in [7, 11) is 0. The molecule has 25 heavy (non-hydrogen) atoms. The summed E-state index contributed by atoms with van der Waals surface area (Å²) in [4.78, 5) is 33.3. The molecule has 0 bridgehead atoms. The number of unbranched alkanes of at least 4 members (excludes halogenated alkanes) is 8. The summed E-state index contributed by atoms with van der Waals surface area (Å²) < 4.78 is 4.63. The number of carboxylic acids is 1. The summed E-state index contributed by atoms with van der Waals surface area (Å²) >= 11 is 0. The van der Waals surface area contributed by atoms with Gasteiger partial charge in [-0.25, -0.2) is 0 Å². The van der Waals surface area contributed by atoms with Crippen molar-refractivity contribution in [3.63, 3.8) is 0 Å². The monoisotopic (exact) mass is 377 g/mol. The van der Waals surface area contributed by atoms with Crippen LogP contribution < -0.4 is 5.73 Å². The number of carboxylic acid groups (broad SMARTS) is 1. The van der Waals surface area contributed by atoms with Crippen LogP contribution in [0.15, 0.2) is 0 Å². The van der Waals surface area contributed by atoms with E-state index in [0.29, 0.717) is 0 Å². The number of hydrogen-bond acceptors (Lipinski definition) is 5. The van der Waals surface area contributed by atoms with Crippen molar-refractivity contribution in [1.29, 1.82) is 0 Å². The Morgan fingerprint density at radius 1 is 0.840 bits per heavy atom. The molecule has 0 heterocycles.